The second-order valence-corrected chi connectivity index (χ2v) is 2.93. The Bertz CT molecular complexity index is 507. The van der Waals surface area contributed by atoms with E-state index in [9.17, 15) is 13.6 Å². The molecule has 0 bridgehead atoms. The van der Waals surface area contributed by atoms with Gasteiger partial charge in [0.05, 0.1) is 7.11 Å². The first-order chi connectivity index (χ1) is 8.08. The molecule has 4 nitrogen and oxygen atoms in total. The van der Waals surface area contributed by atoms with Crippen molar-refractivity contribution in [2.45, 2.75) is 0 Å². The highest BCUT2D eigenvalue weighted by molar-refractivity contribution is 5.92. The number of nitrogens with one attached hydrogen (secondary N) is 1. The van der Waals surface area contributed by atoms with Crippen molar-refractivity contribution in [1.82, 2.24) is 0 Å². The number of carbonyl (C=O) groups excluding carboxylic acids is 1. The molecule has 1 rings (SSSR count). The van der Waals surface area contributed by atoms with E-state index in [1.807, 2.05) is 0 Å². The molecule has 0 unspecified atom stereocenters. The largest absolute Gasteiger partial charge is 0.465 e. The Hall–Kier alpha value is -2.42. The summed E-state index contributed by atoms with van der Waals surface area (Å²) in [5, 5.41) is 11.1. The minimum Gasteiger partial charge on any atom is -0.465 e. The van der Waals surface area contributed by atoms with E-state index in [0.29, 0.717) is 0 Å². The number of hydrogen-bond donors (Lipinski definition) is 1. The van der Waals surface area contributed by atoms with Crippen LogP contribution in [-0.2, 0) is 9.53 Å². The lowest BCUT2D eigenvalue weighted by Gasteiger charge is -2.02. The molecule has 1 aromatic carbocycles. The fraction of sp³-hybridized carbons (Fsp3) is 0.0909. The minimum atomic E-state index is -1.03. The monoisotopic (exact) mass is 238 g/mol. The van der Waals surface area contributed by atoms with Gasteiger partial charge in [-0.15, -0.1) is 0 Å². The zero-order valence-corrected chi connectivity index (χ0v) is 8.83. The second kappa shape index (κ2) is 5.61. The van der Waals surface area contributed by atoms with Crippen LogP contribution < -0.4 is 5.32 Å². The van der Waals surface area contributed by atoms with Gasteiger partial charge in [-0.3, -0.25) is 0 Å². The van der Waals surface area contributed by atoms with E-state index in [0.717, 1.165) is 25.4 Å². The topological polar surface area (TPSA) is 62.1 Å². The molecule has 0 radical (unpaired) electrons. The van der Waals surface area contributed by atoms with Crippen molar-refractivity contribution in [2.75, 3.05) is 12.4 Å². The fourth-order valence-electron chi connectivity index (χ4n) is 0.988. The van der Waals surface area contributed by atoms with Crippen LogP contribution in [0.1, 0.15) is 0 Å². The smallest absolute Gasteiger partial charge is 0.350 e. The van der Waals surface area contributed by atoms with Gasteiger partial charge in [0.2, 0.25) is 0 Å². The molecule has 0 aromatic heterocycles. The van der Waals surface area contributed by atoms with Crippen molar-refractivity contribution < 1.29 is 18.3 Å². The van der Waals surface area contributed by atoms with Gasteiger partial charge in [0.1, 0.15) is 6.07 Å². The summed E-state index contributed by atoms with van der Waals surface area (Å²) < 4.78 is 29.8. The number of carbonyl (C=O) groups is 1. The van der Waals surface area contributed by atoms with Crippen molar-refractivity contribution >= 4 is 11.7 Å². The van der Waals surface area contributed by atoms with Crippen LogP contribution in [0.15, 0.2) is 30.0 Å². The van der Waals surface area contributed by atoms with Crippen molar-refractivity contribution in [3.05, 3.63) is 41.6 Å². The van der Waals surface area contributed by atoms with Crippen LogP contribution in [0, 0.1) is 23.0 Å². The Morgan fingerprint density at radius 3 is 2.71 bits per heavy atom. The Labute approximate surface area is 96.1 Å². The quantitative estimate of drug-likeness (QED) is 0.496. The van der Waals surface area contributed by atoms with E-state index in [2.05, 4.69) is 10.1 Å². The van der Waals surface area contributed by atoms with Crippen molar-refractivity contribution in [3.8, 4) is 6.07 Å². The van der Waals surface area contributed by atoms with Gasteiger partial charge in [0.25, 0.3) is 0 Å². The molecule has 0 aliphatic heterocycles. The number of anilines is 1. The second-order valence-electron chi connectivity index (χ2n) is 2.93. The molecule has 0 spiro atoms. The first-order valence-electron chi connectivity index (χ1n) is 4.48. The van der Waals surface area contributed by atoms with Gasteiger partial charge in [-0.05, 0) is 12.1 Å². The zero-order valence-electron chi connectivity index (χ0n) is 8.83. The maximum absolute atomic E-state index is 12.8. The third-order valence-corrected chi connectivity index (χ3v) is 1.83. The summed E-state index contributed by atoms with van der Waals surface area (Å²) in [6, 6.07) is 4.70. The molecular formula is C11H8F2N2O2. The maximum Gasteiger partial charge on any atom is 0.350 e. The summed E-state index contributed by atoms with van der Waals surface area (Å²) in [6.45, 7) is 0. The van der Waals surface area contributed by atoms with Crippen LogP contribution in [-0.4, -0.2) is 13.1 Å². The predicted octanol–water partition coefficient (Wildman–Crippen LogP) is 1.96. The molecule has 0 heterocycles. The van der Waals surface area contributed by atoms with E-state index in [1.54, 1.807) is 6.07 Å². The van der Waals surface area contributed by atoms with Gasteiger partial charge >= 0.3 is 5.97 Å². The minimum absolute atomic E-state index is 0.209. The van der Waals surface area contributed by atoms with Crippen LogP contribution >= 0.6 is 0 Å². The van der Waals surface area contributed by atoms with Gasteiger partial charge < -0.3 is 10.1 Å². The summed E-state index contributed by atoms with van der Waals surface area (Å²) in [6.07, 6.45) is 1.05. The van der Waals surface area contributed by atoms with Crippen LogP contribution in [0.5, 0.6) is 0 Å². The van der Waals surface area contributed by atoms with Crippen LogP contribution in [0.2, 0.25) is 0 Å². The number of hydrogen-bond acceptors (Lipinski definition) is 4. The molecule has 88 valence electrons. The van der Waals surface area contributed by atoms with Crippen molar-refractivity contribution in [3.63, 3.8) is 0 Å². The van der Waals surface area contributed by atoms with Gasteiger partial charge in [-0.2, -0.15) is 5.26 Å². The van der Waals surface area contributed by atoms with Gasteiger partial charge in [-0.1, -0.05) is 0 Å². The molecule has 0 atom stereocenters. The van der Waals surface area contributed by atoms with Crippen LogP contribution in [0.25, 0.3) is 0 Å². The number of benzene rings is 1. The first-order valence-corrected chi connectivity index (χ1v) is 4.48. The summed E-state index contributed by atoms with van der Waals surface area (Å²) in [5.74, 6) is -2.82. The summed E-state index contributed by atoms with van der Waals surface area (Å²) in [5.41, 5.74) is -0.0715. The summed E-state index contributed by atoms with van der Waals surface area (Å²) in [4.78, 5) is 11.0. The maximum atomic E-state index is 12.8. The highest BCUT2D eigenvalue weighted by Gasteiger charge is 2.08. The Morgan fingerprint density at radius 1 is 1.47 bits per heavy atom. The van der Waals surface area contributed by atoms with Gasteiger partial charge in [0.15, 0.2) is 17.2 Å². The molecule has 17 heavy (non-hydrogen) atoms. The molecule has 0 amide bonds. The number of ether oxygens (including phenoxy) is 1. The normalized spacial score (nSPS) is 10.6. The molecular weight excluding hydrogens is 230 g/mol. The van der Waals surface area contributed by atoms with Crippen LogP contribution in [0.3, 0.4) is 0 Å². The van der Waals surface area contributed by atoms with E-state index in [-0.39, 0.29) is 11.3 Å². The third kappa shape index (κ3) is 3.28. The van der Waals surface area contributed by atoms with Gasteiger partial charge in [-0.25, -0.2) is 13.6 Å². The lowest BCUT2D eigenvalue weighted by Crippen LogP contribution is -2.05. The average molecular weight is 238 g/mol. The number of rotatable bonds is 3. The molecule has 0 fully saturated rings. The molecule has 1 N–H and O–H groups in total. The molecule has 0 aliphatic rings. The summed E-state index contributed by atoms with van der Waals surface area (Å²) in [7, 11) is 1.13. The molecule has 0 saturated heterocycles. The standard InChI is InChI=1S/C11H8F2N2O2/c1-17-11(16)7(5-14)6-15-8-2-3-9(12)10(13)4-8/h2-4,6,15H,1H3. The van der Waals surface area contributed by atoms with Gasteiger partial charge in [0, 0.05) is 18.0 Å². The third-order valence-electron chi connectivity index (χ3n) is 1.83. The van der Waals surface area contributed by atoms with Crippen molar-refractivity contribution in [2.24, 2.45) is 0 Å². The Morgan fingerprint density at radius 2 is 2.18 bits per heavy atom. The van der Waals surface area contributed by atoms with E-state index < -0.39 is 17.6 Å². The molecule has 6 heteroatoms. The summed E-state index contributed by atoms with van der Waals surface area (Å²) >= 11 is 0. The van der Waals surface area contributed by atoms with Crippen molar-refractivity contribution in [1.29, 1.82) is 5.26 Å². The van der Waals surface area contributed by atoms with E-state index >= 15 is 0 Å². The Balaban J connectivity index is 2.85. The van der Waals surface area contributed by atoms with E-state index in [1.165, 1.54) is 6.07 Å². The highest BCUT2D eigenvalue weighted by atomic mass is 19.2. The SMILES string of the molecule is COC(=O)C(C#N)=CNc1ccc(F)c(F)c1. The molecule has 0 saturated carbocycles. The number of esters is 1. The van der Waals surface area contributed by atoms with E-state index in [4.69, 9.17) is 5.26 Å². The number of methoxy groups -OCH3 is 1. The average Bonchev–Trinajstić information content (AvgIpc) is 2.33. The first kappa shape index (κ1) is 12.6. The number of nitriles is 1. The lowest BCUT2D eigenvalue weighted by molar-refractivity contribution is -0.135. The predicted molar refractivity (Wildman–Crippen MR) is 55.7 cm³/mol. The Kier molecular flexibility index (Phi) is 4.17. The zero-order chi connectivity index (χ0) is 12.8. The highest BCUT2D eigenvalue weighted by Crippen LogP contribution is 2.13. The molecule has 0 aliphatic carbocycles. The lowest BCUT2D eigenvalue weighted by atomic mass is 10.3. The fourth-order valence-corrected chi connectivity index (χ4v) is 0.988. The number of halogens is 2. The number of nitrogens with zero attached hydrogens (tertiary/aromatic N) is 1. The van der Waals surface area contributed by atoms with Crippen LogP contribution in [0.4, 0.5) is 14.5 Å². The molecule has 1 aromatic rings.